The van der Waals surface area contributed by atoms with Crippen molar-refractivity contribution in [2.24, 2.45) is 5.92 Å². The van der Waals surface area contributed by atoms with E-state index in [1.165, 1.54) is 6.07 Å². The number of Topliss-reactive ketones (excluding diaryl/α,β-unsaturated/α-hetero) is 2. The fourth-order valence-electron chi connectivity index (χ4n) is 2.84. The van der Waals surface area contributed by atoms with Crippen molar-refractivity contribution >= 4 is 35.0 Å². The van der Waals surface area contributed by atoms with Gasteiger partial charge >= 0.3 is 5.97 Å². The molecule has 0 saturated heterocycles. The number of amides is 1. The lowest BCUT2D eigenvalue weighted by Gasteiger charge is -2.08. The summed E-state index contributed by atoms with van der Waals surface area (Å²) in [7, 11) is 0. The van der Waals surface area contributed by atoms with Crippen LogP contribution in [0.5, 0.6) is 0 Å². The van der Waals surface area contributed by atoms with Gasteiger partial charge in [0.05, 0.1) is 0 Å². The van der Waals surface area contributed by atoms with Crippen LogP contribution in [-0.2, 0) is 9.59 Å². The SMILES string of the molecule is O=C(O)CNC(=O)C1C(=O)c2cccc(-c3cccc(Cl)c3)c2C1=O. The van der Waals surface area contributed by atoms with Crippen molar-refractivity contribution in [3.8, 4) is 11.1 Å². The number of benzene rings is 2. The summed E-state index contributed by atoms with van der Waals surface area (Å²) in [5.41, 5.74) is 1.46. The monoisotopic (exact) mass is 357 g/mol. The molecule has 1 unspecified atom stereocenters. The summed E-state index contributed by atoms with van der Waals surface area (Å²) >= 11 is 5.99. The van der Waals surface area contributed by atoms with Gasteiger partial charge in [0.1, 0.15) is 6.54 Å². The maximum atomic E-state index is 12.7. The Labute approximate surface area is 147 Å². The average Bonchev–Trinajstić information content (AvgIpc) is 2.84. The molecular formula is C18H12ClNO5. The standard InChI is InChI=1S/C18H12ClNO5/c19-10-4-1-3-9(7-10)11-5-2-6-12-14(11)17(24)15(16(12)23)18(25)20-8-13(21)22/h1-7,15H,8H2,(H,20,25)(H,21,22). The van der Waals surface area contributed by atoms with Gasteiger partial charge in [-0.2, -0.15) is 0 Å². The van der Waals surface area contributed by atoms with Crippen LogP contribution in [0.4, 0.5) is 0 Å². The molecule has 1 amide bonds. The molecule has 3 rings (SSSR count). The third-order valence-corrected chi connectivity index (χ3v) is 4.15. The van der Waals surface area contributed by atoms with Crippen LogP contribution >= 0.6 is 11.6 Å². The van der Waals surface area contributed by atoms with E-state index in [4.69, 9.17) is 16.7 Å². The maximum absolute atomic E-state index is 12.7. The highest BCUT2D eigenvalue weighted by molar-refractivity contribution is 6.37. The van der Waals surface area contributed by atoms with E-state index in [2.05, 4.69) is 5.32 Å². The first-order valence-corrected chi connectivity index (χ1v) is 7.75. The lowest BCUT2D eigenvalue weighted by atomic mass is 9.96. The molecule has 1 atom stereocenters. The van der Waals surface area contributed by atoms with Gasteiger partial charge in [0, 0.05) is 16.1 Å². The summed E-state index contributed by atoms with van der Waals surface area (Å²) < 4.78 is 0. The number of ketones is 2. The predicted octanol–water partition coefficient (Wildman–Crippen LogP) is 2.20. The minimum Gasteiger partial charge on any atom is -0.480 e. The molecule has 0 bridgehead atoms. The number of carboxylic acids is 1. The molecule has 0 fully saturated rings. The van der Waals surface area contributed by atoms with Crippen molar-refractivity contribution in [3.05, 3.63) is 58.6 Å². The first kappa shape index (κ1) is 16.9. The van der Waals surface area contributed by atoms with E-state index >= 15 is 0 Å². The topological polar surface area (TPSA) is 101 Å². The number of hydrogen-bond donors (Lipinski definition) is 2. The van der Waals surface area contributed by atoms with Crippen molar-refractivity contribution in [2.75, 3.05) is 6.54 Å². The summed E-state index contributed by atoms with van der Waals surface area (Å²) in [5, 5.41) is 11.2. The Bertz CT molecular complexity index is 921. The minimum absolute atomic E-state index is 0.151. The second-order valence-corrected chi connectivity index (χ2v) is 5.95. The van der Waals surface area contributed by atoms with E-state index in [0.717, 1.165) is 0 Å². The molecule has 126 valence electrons. The van der Waals surface area contributed by atoms with Crippen molar-refractivity contribution < 1.29 is 24.3 Å². The number of rotatable bonds is 4. The smallest absolute Gasteiger partial charge is 0.322 e. The van der Waals surface area contributed by atoms with E-state index in [9.17, 15) is 19.2 Å². The van der Waals surface area contributed by atoms with E-state index in [-0.39, 0.29) is 11.1 Å². The van der Waals surface area contributed by atoms with Crippen LogP contribution < -0.4 is 5.32 Å². The lowest BCUT2D eigenvalue weighted by molar-refractivity contribution is -0.138. The molecule has 1 aliphatic carbocycles. The van der Waals surface area contributed by atoms with Crippen LogP contribution in [0.3, 0.4) is 0 Å². The number of carbonyl (C=O) groups is 4. The molecule has 7 heteroatoms. The van der Waals surface area contributed by atoms with Crippen molar-refractivity contribution in [1.29, 1.82) is 0 Å². The lowest BCUT2D eigenvalue weighted by Crippen LogP contribution is -2.39. The molecule has 6 nitrogen and oxygen atoms in total. The Balaban J connectivity index is 2.02. The number of nitrogens with one attached hydrogen (secondary N) is 1. The van der Waals surface area contributed by atoms with E-state index in [1.807, 2.05) is 0 Å². The highest BCUT2D eigenvalue weighted by Crippen LogP contribution is 2.35. The largest absolute Gasteiger partial charge is 0.480 e. The summed E-state index contributed by atoms with van der Waals surface area (Å²) in [6.45, 7) is -0.659. The molecule has 0 heterocycles. The summed E-state index contributed by atoms with van der Waals surface area (Å²) in [6.07, 6.45) is 0. The summed E-state index contributed by atoms with van der Waals surface area (Å²) in [6, 6.07) is 11.6. The van der Waals surface area contributed by atoms with Crippen LogP contribution in [0.1, 0.15) is 20.7 Å². The first-order valence-electron chi connectivity index (χ1n) is 7.37. The van der Waals surface area contributed by atoms with Crippen LogP contribution in [0.2, 0.25) is 5.02 Å². The zero-order chi connectivity index (χ0) is 18.1. The van der Waals surface area contributed by atoms with Crippen molar-refractivity contribution in [1.82, 2.24) is 5.32 Å². The number of aliphatic carboxylic acids is 1. The Hall–Kier alpha value is -2.99. The fraction of sp³-hybridized carbons (Fsp3) is 0.111. The normalized spacial score (nSPS) is 15.8. The van der Waals surface area contributed by atoms with Crippen molar-refractivity contribution in [3.63, 3.8) is 0 Å². The molecule has 2 N–H and O–H groups in total. The Kier molecular flexibility index (Phi) is 4.37. The van der Waals surface area contributed by atoms with Gasteiger partial charge < -0.3 is 10.4 Å². The predicted molar refractivity (Wildman–Crippen MR) is 89.7 cm³/mol. The van der Waals surface area contributed by atoms with Crippen LogP contribution in [0.15, 0.2) is 42.5 Å². The van der Waals surface area contributed by atoms with Gasteiger partial charge in [-0.15, -0.1) is 0 Å². The van der Waals surface area contributed by atoms with Crippen LogP contribution in [0.25, 0.3) is 11.1 Å². The first-order chi connectivity index (χ1) is 11.9. The minimum atomic E-state index is -1.56. The van der Waals surface area contributed by atoms with Gasteiger partial charge in [0.2, 0.25) is 5.91 Å². The molecule has 25 heavy (non-hydrogen) atoms. The van der Waals surface area contributed by atoms with E-state index in [1.54, 1.807) is 36.4 Å². The quantitative estimate of drug-likeness (QED) is 0.817. The number of fused-ring (bicyclic) bond motifs is 1. The Morgan fingerprint density at radius 1 is 1.04 bits per heavy atom. The van der Waals surface area contributed by atoms with E-state index in [0.29, 0.717) is 16.1 Å². The van der Waals surface area contributed by atoms with E-state index < -0.39 is 35.9 Å². The van der Waals surface area contributed by atoms with Gasteiger partial charge in [-0.1, -0.05) is 41.9 Å². The molecule has 0 saturated carbocycles. The number of halogens is 1. The Morgan fingerprint density at radius 2 is 1.72 bits per heavy atom. The highest BCUT2D eigenvalue weighted by atomic mass is 35.5. The van der Waals surface area contributed by atoms with Crippen LogP contribution in [-0.4, -0.2) is 35.1 Å². The van der Waals surface area contributed by atoms with Gasteiger partial charge in [-0.25, -0.2) is 0 Å². The van der Waals surface area contributed by atoms with Gasteiger partial charge in [-0.3, -0.25) is 19.2 Å². The van der Waals surface area contributed by atoms with Crippen LogP contribution in [0, 0.1) is 5.92 Å². The van der Waals surface area contributed by atoms with Gasteiger partial charge in [0.25, 0.3) is 0 Å². The molecule has 0 aromatic heterocycles. The Morgan fingerprint density at radius 3 is 2.40 bits per heavy atom. The zero-order valence-electron chi connectivity index (χ0n) is 12.8. The molecule has 2 aromatic carbocycles. The van der Waals surface area contributed by atoms with Crippen molar-refractivity contribution in [2.45, 2.75) is 0 Å². The summed E-state index contributed by atoms with van der Waals surface area (Å²) in [5.74, 6) is -5.01. The fourth-order valence-corrected chi connectivity index (χ4v) is 3.03. The molecule has 2 aromatic rings. The third kappa shape index (κ3) is 3.04. The van der Waals surface area contributed by atoms with Gasteiger partial charge in [-0.05, 0) is 23.3 Å². The molecule has 0 aliphatic heterocycles. The molecular weight excluding hydrogens is 346 g/mol. The molecule has 1 aliphatic rings. The molecule has 0 radical (unpaired) electrons. The number of carbonyl (C=O) groups excluding carboxylic acids is 3. The second kappa shape index (κ2) is 6.49. The number of carboxylic acid groups (broad SMARTS) is 1. The number of hydrogen-bond acceptors (Lipinski definition) is 4. The zero-order valence-corrected chi connectivity index (χ0v) is 13.5. The average molecular weight is 358 g/mol. The highest BCUT2D eigenvalue weighted by Gasteiger charge is 2.44. The molecule has 0 spiro atoms. The van der Waals surface area contributed by atoms with Gasteiger partial charge in [0.15, 0.2) is 17.5 Å². The summed E-state index contributed by atoms with van der Waals surface area (Å²) in [4.78, 5) is 47.9. The second-order valence-electron chi connectivity index (χ2n) is 5.51. The maximum Gasteiger partial charge on any atom is 0.322 e. The third-order valence-electron chi connectivity index (χ3n) is 3.91.